The van der Waals surface area contributed by atoms with Gasteiger partial charge in [-0.05, 0) is 43.2 Å². The number of carbonyl (C=O) groups excluding carboxylic acids is 1. The summed E-state index contributed by atoms with van der Waals surface area (Å²) in [7, 11) is 0. The van der Waals surface area contributed by atoms with Gasteiger partial charge in [0.1, 0.15) is 11.3 Å². The standard InChI is InChI=1S/C15H13N3O6/c1-8-9(2)14(19)6-5-12(8)16-15(20)11-4-3-10(17(21)22)7-13(11)18(23)24/h3-7,19H,1-2H3,(H,16,20). The minimum absolute atomic E-state index is 0.0619. The topological polar surface area (TPSA) is 136 Å². The smallest absolute Gasteiger partial charge is 0.289 e. The van der Waals surface area contributed by atoms with Gasteiger partial charge in [0, 0.05) is 11.8 Å². The average Bonchev–Trinajstić information content (AvgIpc) is 2.54. The Morgan fingerprint density at radius 1 is 1.04 bits per heavy atom. The second-order valence-corrected chi connectivity index (χ2v) is 5.05. The lowest BCUT2D eigenvalue weighted by Crippen LogP contribution is -2.15. The number of phenols is 1. The van der Waals surface area contributed by atoms with Crippen molar-refractivity contribution in [2.45, 2.75) is 13.8 Å². The predicted octanol–water partition coefficient (Wildman–Crippen LogP) is 3.08. The molecule has 2 N–H and O–H groups in total. The molecule has 9 nitrogen and oxygen atoms in total. The van der Waals surface area contributed by atoms with Gasteiger partial charge in [0.05, 0.1) is 15.9 Å². The Balaban J connectivity index is 2.42. The van der Waals surface area contributed by atoms with Crippen LogP contribution in [0.2, 0.25) is 0 Å². The number of carbonyl (C=O) groups is 1. The first-order chi connectivity index (χ1) is 11.2. The number of hydrogen-bond acceptors (Lipinski definition) is 6. The van der Waals surface area contributed by atoms with Gasteiger partial charge in [-0.1, -0.05) is 0 Å². The van der Waals surface area contributed by atoms with E-state index in [0.29, 0.717) is 16.8 Å². The monoisotopic (exact) mass is 331 g/mol. The fourth-order valence-electron chi connectivity index (χ4n) is 2.11. The first-order valence-corrected chi connectivity index (χ1v) is 6.75. The number of anilines is 1. The molecule has 24 heavy (non-hydrogen) atoms. The molecule has 0 aliphatic heterocycles. The molecular weight excluding hydrogens is 318 g/mol. The third-order valence-corrected chi connectivity index (χ3v) is 3.64. The van der Waals surface area contributed by atoms with Crippen molar-refractivity contribution in [2.75, 3.05) is 5.32 Å². The van der Waals surface area contributed by atoms with E-state index in [1.54, 1.807) is 13.8 Å². The average molecular weight is 331 g/mol. The van der Waals surface area contributed by atoms with Crippen LogP contribution in [-0.2, 0) is 0 Å². The molecule has 9 heteroatoms. The summed E-state index contributed by atoms with van der Waals surface area (Å²) >= 11 is 0. The van der Waals surface area contributed by atoms with E-state index in [0.717, 1.165) is 18.2 Å². The maximum absolute atomic E-state index is 12.3. The van der Waals surface area contributed by atoms with E-state index in [1.165, 1.54) is 12.1 Å². The summed E-state index contributed by atoms with van der Waals surface area (Å²) in [4.78, 5) is 32.5. The van der Waals surface area contributed by atoms with Crippen molar-refractivity contribution in [1.82, 2.24) is 0 Å². The molecule has 2 rings (SSSR count). The van der Waals surface area contributed by atoms with Crippen LogP contribution in [0.15, 0.2) is 30.3 Å². The Bertz CT molecular complexity index is 863. The molecule has 0 fully saturated rings. The summed E-state index contributed by atoms with van der Waals surface area (Å²) in [6, 6.07) is 5.66. The molecule has 1 amide bonds. The van der Waals surface area contributed by atoms with Crippen LogP contribution in [0.1, 0.15) is 21.5 Å². The number of nitro groups is 2. The SMILES string of the molecule is Cc1c(O)ccc(NC(=O)c2ccc([N+](=O)[O-])cc2[N+](=O)[O-])c1C. The maximum Gasteiger partial charge on any atom is 0.289 e. The van der Waals surface area contributed by atoms with Crippen molar-refractivity contribution in [1.29, 1.82) is 0 Å². The number of rotatable bonds is 4. The molecule has 0 spiro atoms. The van der Waals surface area contributed by atoms with Gasteiger partial charge in [0.15, 0.2) is 0 Å². The molecule has 2 aromatic rings. The Labute approximate surface area is 135 Å². The Morgan fingerprint density at radius 3 is 2.29 bits per heavy atom. The van der Waals surface area contributed by atoms with Crippen molar-refractivity contribution in [3.8, 4) is 5.75 Å². The number of nitrogens with one attached hydrogen (secondary N) is 1. The van der Waals surface area contributed by atoms with E-state index in [1.807, 2.05) is 0 Å². The molecular formula is C15H13N3O6. The largest absolute Gasteiger partial charge is 0.508 e. The molecule has 0 bridgehead atoms. The van der Waals surface area contributed by atoms with E-state index in [-0.39, 0.29) is 11.3 Å². The summed E-state index contributed by atoms with van der Waals surface area (Å²) in [5, 5.41) is 33.9. The Kier molecular flexibility index (Phi) is 4.45. The molecule has 0 heterocycles. The molecule has 124 valence electrons. The summed E-state index contributed by atoms with van der Waals surface area (Å²) in [6.45, 7) is 3.34. The number of hydrogen-bond donors (Lipinski definition) is 2. The fourth-order valence-corrected chi connectivity index (χ4v) is 2.11. The zero-order chi connectivity index (χ0) is 18.0. The summed E-state index contributed by atoms with van der Waals surface area (Å²) in [5.41, 5.74) is 0.113. The van der Waals surface area contributed by atoms with Crippen molar-refractivity contribution in [2.24, 2.45) is 0 Å². The van der Waals surface area contributed by atoms with Crippen LogP contribution in [0.5, 0.6) is 5.75 Å². The molecule has 0 radical (unpaired) electrons. The summed E-state index contributed by atoms with van der Waals surface area (Å²) in [5.74, 6) is -0.711. The van der Waals surface area contributed by atoms with E-state index in [2.05, 4.69) is 5.32 Å². The second kappa shape index (κ2) is 6.32. The maximum atomic E-state index is 12.3. The summed E-state index contributed by atoms with van der Waals surface area (Å²) in [6.07, 6.45) is 0. The molecule has 0 saturated heterocycles. The minimum Gasteiger partial charge on any atom is -0.508 e. The van der Waals surface area contributed by atoms with Gasteiger partial charge in [-0.2, -0.15) is 0 Å². The normalized spacial score (nSPS) is 10.2. The third-order valence-electron chi connectivity index (χ3n) is 3.64. The predicted molar refractivity (Wildman–Crippen MR) is 85.3 cm³/mol. The molecule has 0 saturated carbocycles. The van der Waals surface area contributed by atoms with Crippen LogP contribution in [0, 0.1) is 34.1 Å². The minimum atomic E-state index is -0.850. The van der Waals surface area contributed by atoms with Crippen LogP contribution >= 0.6 is 0 Å². The Morgan fingerprint density at radius 2 is 1.71 bits per heavy atom. The molecule has 0 atom stereocenters. The van der Waals surface area contributed by atoms with Crippen molar-refractivity contribution < 1.29 is 19.7 Å². The van der Waals surface area contributed by atoms with Gasteiger partial charge in [0.25, 0.3) is 17.3 Å². The van der Waals surface area contributed by atoms with Crippen molar-refractivity contribution in [3.05, 3.63) is 67.3 Å². The fraction of sp³-hybridized carbons (Fsp3) is 0.133. The number of amides is 1. The van der Waals surface area contributed by atoms with E-state index in [9.17, 15) is 30.1 Å². The van der Waals surface area contributed by atoms with Gasteiger partial charge in [-0.25, -0.2) is 0 Å². The first kappa shape index (κ1) is 16.9. The van der Waals surface area contributed by atoms with Gasteiger partial charge >= 0.3 is 0 Å². The van der Waals surface area contributed by atoms with Crippen LogP contribution in [0.3, 0.4) is 0 Å². The lowest BCUT2D eigenvalue weighted by Gasteiger charge is -2.11. The van der Waals surface area contributed by atoms with Crippen LogP contribution in [0.25, 0.3) is 0 Å². The zero-order valence-corrected chi connectivity index (χ0v) is 12.8. The lowest BCUT2D eigenvalue weighted by molar-refractivity contribution is -0.394. The lowest BCUT2D eigenvalue weighted by atomic mass is 10.1. The van der Waals surface area contributed by atoms with E-state index < -0.39 is 27.1 Å². The van der Waals surface area contributed by atoms with Gasteiger partial charge in [-0.15, -0.1) is 0 Å². The van der Waals surface area contributed by atoms with E-state index in [4.69, 9.17) is 0 Å². The number of aromatic hydroxyl groups is 1. The highest BCUT2D eigenvalue weighted by Crippen LogP contribution is 2.29. The molecule has 0 aliphatic rings. The number of nitrogens with zero attached hydrogens (tertiary/aromatic N) is 2. The summed E-state index contributed by atoms with van der Waals surface area (Å²) < 4.78 is 0. The molecule has 0 aromatic heterocycles. The van der Waals surface area contributed by atoms with Gasteiger partial charge in [0.2, 0.25) is 0 Å². The second-order valence-electron chi connectivity index (χ2n) is 5.05. The highest BCUT2D eigenvalue weighted by molar-refractivity contribution is 6.07. The highest BCUT2D eigenvalue weighted by Gasteiger charge is 2.24. The van der Waals surface area contributed by atoms with Gasteiger partial charge < -0.3 is 10.4 Å². The highest BCUT2D eigenvalue weighted by atomic mass is 16.6. The number of nitro benzene ring substituents is 2. The van der Waals surface area contributed by atoms with Crippen LogP contribution in [0.4, 0.5) is 17.1 Å². The van der Waals surface area contributed by atoms with Crippen molar-refractivity contribution in [3.63, 3.8) is 0 Å². The van der Waals surface area contributed by atoms with Gasteiger partial charge in [-0.3, -0.25) is 25.0 Å². The van der Waals surface area contributed by atoms with Crippen LogP contribution in [-0.4, -0.2) is 20.9 Å². The van der Waals surface area contributed by atoms with Crippen LogP contribution < -0.4 is 5.32 Å². The number of phenolic OH excluding ortho intramolecular Hbond substituents is 1. The van der Waals surface area contributed by atoms with E-state index >= 15 is 0 Å². The third kappa shape index (κ3) is 3.14. The first-order valence-electron chi connectivity index (χ1n) is 6.75. The van der Waals surface area contributed by atoms with Crippen molar-refractivity contribution >= 4 is 23.0 Å². The quantitative estimate of drug-likeness (QED) is 0.502. The Hall–Kier alpha value is -3.49. The number of benzene rings is 2. The molecule has 0 aliphatic carbocycles. The zero-order valence-electron chi connectivity index (χ0n) is 12.8. The number of non-ortho nitro benzene ring substituents is 1. The molecule has 2 aromatic carbocycles. The molecule has 0 unspecified atom stereocenters.